The molecule has 2 unspecified atom stereocenters. The smallest absolute Gasteiger partial charge is 0.313 e. The van der Waals surface area contributed by atoms with Gasteiger partial charge in [-0.15, -0.1) is 0 Å². The maximum absolute atomic E-state index is 12.3. The Morgan fingerprint density at radius 1 is 1.36 bits per heavy atom. The summed E-state index contributed by atoms with van der Waals surface area (Å²) in [6.07, 6.45) is 1.25. The minimum absolute atomic E-state index is 0.0478. The van der Waals surface area contributed by atoms with E-state index < -0.39 is 17.9 Å². The van der Waals surface area contributed by atoms with E-state index in [4.69, 9.17) is 0 Å². The lowest BCUT2D eigenvalue weighted by Crippen LogP contribution is -2.47. The summed E-state index contributed by atoms with van der Waals surface area (Å²) in [4.78, 5) is 26.0. The fourth-order valence-corrected chi connectivity index (χ4v) is 2.86. The Morgan fingerprint density at radius 3 is 2.73 bits per heavy atom. The van der Waals surface area contributed by atoms with E-state index in [1.165, 1.54) is 0 Å². The second-order valence-electron chi connectivity index (χ2n) is 6.17. The lowest BCUT2D eigenvalue weighted by molar-refractivity contribution is -0.144. The standard InChI is InChI=1S/C17H24N2O3/c1-11-6-7-15(12(2)9-11)18-16(21)17(22)19-8-4-5-14(10-19)13(3)20/h6-7,9,13-14,20H,4-5,8,10H2,1-3H3,(H,18,21). The van der Waals surface area contributed by atoms with Gasteiger partial charge in [-0.3, -0.25) is 9.59 Å². The molecule has 1 saturated heterocycles. The summed E-state index contributed by atoms with van der Waals surface area (Å²) in [5.74, 6) is -1.09. The summed E-state index contributed by atoms with van der Waals surface area (Å²) in [7, 11) is 0. The number of aliphatic hydroxyl groups is 1. The molecule has 0 bridgehead atoms. The zero-order valence-corrected chi connectivity index (χ0v) is 13.4. The van der Waals surface area contributed by atoms with Crippen molar-refractivity contribution in [2.24, 2.45) is 5.92 Å². The maximum Gasteiger partial charge on any atom is 0.313 e. The predicted octanol–water partition coefficient (Wildman–Crippen LogP) is 1.86. The number of anilines is 1. The molecule has 1 fully saturated rings. The van der Waals surface area contributed by atoms with Crippen LogP contribution in [0.2, 0.25) is 0 Å². The van der Waals surface area contributed by atoms with Gasteiger partial charge in [0.15, 0.2) is 0 Å². The van der Waals surface area contributed by atoms with Crippen molar-refractivity contribution < 1.29 is 14.7 Å². The topological polar surface area (TPSA) is 69.6 Å². The first-order valence-electron chi connectivity index (χ1n) is 7.74. The van der Waals surface area contributed by atoms with E-state index in [1.807, 2.05) is 32.0 Å². The number of hydrogen-bond donors (Lipinski definition) is 2. The Kier molecular flexibility index (Phi) is 5.19. The van der Waals surface area contributed by atoms with Gasteiger partial charge < -0.3 is 15.3 Å². The molecule has 1 heterocycles. The molecule has 5 nitrogen and oxygen atoms in total. The van der Waals surface area contributed by atoms with E-state index in [0.717, 1.165) is 24.0 Å². The summed E-state index contributed by atoms with van der Waals surface area (Å²) in [6.45, 7) is 6.62. The largest absolute Gasteiger partial charge is 0.393 e. The number of carbonyl (C=O) groups excluding carboxylic acids is 2. The Balaban J connectivity index is 2.01. The normalized spacial score (nSPS) is 19.6. The molecular weight excluding hydrogens is 280 g/mol. The molecule has 0 saturated carbocycles. The van der Waals surface area contributed by atoms with Crippen LogP contribution in [-0.4, -0.2) is 41.0 Å². The fourth-order valence-electron chi connectivity index (χ4n) is 2.86. The zero-order valence-electron chi connectivity index (χ0n) is 13.4. The highest BCUT2D eigenvalue weighted by Gasteiger charge is 2.29. The van der Waals surface area contributed by atoms with Crippen LogP contribution in [0.25, 0.3) is 0 Å². The van der Waals surface area contributed by atoms with E-state index >= 15 is 0 Å². The minimum atomic E-state index is -0.613. The van der Waals surface area contributed by atoms with Crippen molar-refractivity contribution in [1.29, 1.82) is 0 Å². The molecule has 1 aliphatic heterocycles. The van der Waals surface area contributed by atoms with Crippen LogP contribution in [0.3, 0.4) is 0 Å². The molecule has 120 valence electrons. The second kappa shape index (κ2) is 6.92. The molecule has 5 heteroatoms. The number of nitrogens with one attached hydrogen (secondary N) is 1. The molecule has 1 aromatic carbocycles. The van der Waals surface area contributed by atoms with E-state index in [1.54, 1.807) is 11.8 Å². The van der Waals surface area contributed by atoms with Gasteiger partial charge in [-0.2, -0.15) is 0 Å². The van der Waals surface area contributed by atoms with Crippen LogP contribution in [-0.2, 0) is 9.59 Å². The molecule has 2 N–H and O–H groups in total. The lowest BCUT2D eigenvalue weighted by atomic mass is 9.93. The van der Waals surface area contributed by atoms with Crippen molar-refractivity contribution in [2.75, 3.05) is 18.4 Å². The number of aliphatic hydroxyl groups excluding tert-OH is 1. The molecule has 22 heavy (non-hydrogen) atoms. The first-order valence-corrected chi connectivity index (χ1v) is 7.74. The lowest BCUT2D eigenvalue weighted by Gasteiger charge is -2.33. The number of hydrogen-bond acceptors (Lipinski definition) is 3. The summed E-state index contributed by atoms with van der Waals surface area (Å²) in [5, 5.41) is 12.4. The number of aryl methyl sites for hydroxylation is 2. The molecule has 0 aromatic heterocycles. The number of benzene rings is 1. The Hall–Kier alpha value is -1.88. The third kappa shape index (κ3) is 3.85. The van der Waals surface area contributed by atoms with Gasteiger partial charge in [-0.1, -0.05) is 17.7 Å². The van der Waals surface area contributed by atoms with Crippen LogP contribution in [0.15, 0.2) is 18.2 Å². The van der Waals surface area contributed by atoms with Gasteiger partial charge in [0.2, 0.25) is 0 Å². The molecule has 1 aliphatic rings. The van der Waals surface area contributed by atoms with E-state index in [0.29, 0.717) is 18.8 Å². The van der Waals surface area contributed by atoms with Gasteiger partial charge in [0.25, 0.3) is 0 Å². The van der Waals surface area contributed by atoms with Crippen molar-refractivity contribution in [2.45, 2.75) is 39.7 Å². The van der Waals surface area contributed by atoms with Gasteiger partial charge in [-0.05, 0) is 45.2 Å². The Morgan fingerprint density at radius 2 is 2.09 bits per heavy atom. The van der Waals surface area contributed by atoms with Crippen molar-refractivity contribution in [3.8, 4) is 0 Å². The minimum Gasteiger partial charge on any atom is -0.393 e. The van der Waals surface area contributed by atoms with Crippen LogP contribution in [0.4, 0.5) is 5.69 Å². The average molecular weight is 304 g/mol. The van der Waals surface area contributed by atoms with Crippen LogP contribution in [0.1, 0.15) is 30.9 Å². The fraction of sp³-hybridized carbons (Fsp3) is 0.529. The van der Waals surface area contributed by atoms with Gasteiger partial charge >= 0.3 is 11.8 Å². The van der Waals surface area contributed by atoms with Crippen LogP contribution in [0, 0.1) is 19.8 Å². The van der Waals surface area contributed by atoms with Crippen LogP contribution in [0.5, 0.6) is 0 Å². The van der Waals surface area contributed by atoms with E-state index in [2.05, 4.69) is 5.32 Å². The van der Waals surface area contributed by atoms with Crippen LogP contribution >= 0.6 is 0 Å². The predicted molar refractivity (Wildman–Crippen MR) is 85.5 cm³/mol. The maximum atomic E-state index is 12.3. The molecule has 2 rings (SSSR count). The molecule has 1 aromatic rings. The number of amides is 2. The third-order valence-corrected chi connectivity index (χ3v) is 4.25. The monoisotopic (exact) mass is 304 g/mol. The van der Waals surface area contributed by atoms with Gasteiger partial charge in [0.1, 0.15) is 0 Å². The van der Waals surface area contributed by atoms with Gasteiger partial charge in [0.05, 0.1) is 6.10 Å². The molecule has 0 spiro atoms. The highest BCUT2D eigenvalue weighted by atomic mass is 16.3. The number of rotatable bonds is 2. The molecule has 2 amide bonds. The van der Waals surface area contributed by atoms with Crippen molar-refractivity contribution in [3.63, 3.8) is 0 Å². The summed E-state index contributed by atoms with van der Waals surface area (Å²) < 4.78 is 0. The molecule has 2 atom stereocenters. The average Bonchev–Trinajstić information content (AvgIpc) is 2.49. The van der Waals surface area contributed by atoms with Crippen molar-refractivity contribution >= 4 is 17.5 Å². The second-order valence-corrected chi connectivity index (χ2v) is 6.17. The Labute approximate surface area is 131 Å². The Bertz CT molecular complexity index is 569. The van der Waals surface area contributed by atoms with Crippen molar-refractivity contribution in [3.05, 3.63) is 29.3 Å². The van der Waals surface area contributed by atoms with Crippen molar-refractivity contribution in [1.82, 2.24) is 4.90 Å². The van der Waals surface area contributed by atoms with Crippen LogP contribution < -0.4 is 5.32 Å². The first kappa shape index (κ1) is 16.5. The van der Waals surface area contributed by atoms with Gasteiger partial charge in [0, 0.05) is 24.7 Å². The summed E-state index contributed by atoms with van der Waals surface area (Å²) in [5.41, 5.74) is 2.70. The van der Waals surface area contributed by atoms with E-state index in [-0.39, 0.29) is 5.92 Å². The zero-order chi connectivity index (χ0) is 16.3. The molecule has 0 radical (unpaired) electrons. The highest BCUT2D eigenvalue weighted by molar-refractivity contribution is 6.39. The first-order chi connectivity index (χ1) is 10.4. The molecular formula is C17H24N2O3. The number of likely N-dealkylation sites (tertiary alicyclic amines) is 1. The number of nitrogens with zero attached hydrogens (tertiary/aromatic N) is 1. The van der Waals surface area contributed by atoms with E-state index in [9.17, 15) is 14.7 Å². The quantitative estimate of drug-likeness (QED) is 0.819. The molecule has 0 aliphatic carbocycles. The third-order valence-electron chi connectivity index (χ3n) is 4.25. The van der Waals surface area contributed by atoms with Gasteiger partial charge in [-0.25, -0.2) is 0 Å². The number of piperidine rings is 1. The summed E-state index contributed by atoms with van der Waals surface area (Å²) >= 11 is 0. The SMILES string of the molecule is Cc1ccc(NC(=O)C(=O)N2CCCC(C(C)O)C2)c(C)c1. The number of carbonyl (C=O) groups is 2. The summed E-state index contributed by atoms with van der Waals surface area (Å²) in [6, 6.07) is 5.67. The highest BCUT2D eigenvalue weighted by Crippen LogP contribution is 2.20.